The van der Waals surface area contributed by atoms with Gasteiger partial charge in [-0.15, -0.1) is 0 Å². The molecule has 0 atom stereocenters. The monoisotopic (exact) mass is 108 g/mol. The van der Waals surface area contributed by atoms with E-state index in [0.29, 0.717) is 0 Å². The van der Waals surface area contributed by atoms with E-state index in [1.807, 2.05) is 0 Å². The first kappa shape index (κ1) is 0.790. The minimum absolute atomic E-state index is 1.42. The van der Waals surface area contributed by atoms with Crippen molar-refractivity contribution in [3.63, 3.8) is 0 Å². The summed E-state index contributed by atoms with van der Waals surface area (Å²) in [7, 11) is 0. The van der Waals surface area contributed by atoms with Crippen molar-refractivity contribution in [2.75, 3.05) is 0 Å². The molecule has 7 heavy (non-hydrogen) atoms. The van der Waals surface area contributed by atoms with E-state index in [2.05, 4.69) is 0 Å². The molecule has 0 aromatic heterocycles. The summed E-state index contributed by atoms with van der Waals surface area (Å²) in [6.07, 6.45) is 0. The molecule has 0 aliphatic carbocycles. The largest absolute Gasteiger partial charge is 0.295 e. The summed E-state index contributed by atoms with van der Waals surface area (Å²) in [5, 5.41) is 0. The Balaban J connectivity index is 5.85. The van der Waals surface area contributed by atoms with Crippen LogP contribution in [0.2, 0.25) is 0 Å². The van der Waals surface area contributed by atoms with Gasteiger partial charge in [0.1, 0.15) is 0 Å². The summed E-state index contributed by atoms with van der Waals surface area (Å²) >= 11 is 0. The maximum Gasteiger partial charge on any atom is 0.152 e. The predicted octanol–water partition coefficient (Wildman–Crippen LogP) is 1.54. The lowest BCUT2D eigenvalue weighted by molar-refractivity contribution is -0.112. The highest BCUT2D eigenvalue weighted by atomic mass is 16.1. The summed E-state index contributed by atoms with van der Waals surface area (Å²) < 4.78 is 68.9. The van der Waals surface area contributed by atoms with Gasteiger partial charge in [0.2, 0.25) is 0 Å². The summed E-state index contributed by atoms with van der Waals surface area (Å²) in [6.45, 7) is -9.68. The molecule has 1 nitrogen and oxygen atoms in total. The maximum absolute atomic E-state index is 11.2. The fourth-order valence-corrected chi connectivity index (χ4v) is 0.114. The molecule has 1 heteroatoms. The summed E-state index contributed by atoms with van der Waals surface area (Å²) in [5.74, 6) is -1.79. The molecule has 0 fully saturated rings. The minimum atomic E-state index is -3.24. The summed E-state index contributed by atoms with van der Waals surface area (Å²) in [5.41, 5.74) is -1.42. The molecule has 0 saturated carbocycles. The topological polar surface area (TPSA) is 17.1 Å². The van der Waals surface area contributed by atoms with Gasteiger partial charge in [0.25, 0.3) is 0 Å². The third-order valence-corrected chi connectivity index (χ3v) is 0.239. The molecule has 0 aromatic rings. The van der Waals surface area contributed by atoms with Crippen molar-refractivity contribution in [1.82, 2.24) is 0 Å². The van der Waals surface area contributed by atoms with E-state index in [-0.39, 0.29) is 0 Å². The number of carbonyl (C=O) groups is 1. The second kappa shape index (κ2) is 2.56. The first-order valence-corrected chi connectivity index (χ1v) is 1.45. The van der Waals surface area contributed by atoms with Crippen LogP contribution in [0, 0.1) is 0 Å². The zero-order chi connectivity index (χ0) is 14.2. The van der Waals surface area contributed by atoms with Gasteiger partial charge in [0.15, 0.2) is 5.78 Å². The Labute approximate surface area is 58.1 Å². The van der Waals surface area contributed by atoms with E-state index in [1.165, 1.54) is 0 Å². The fraction of sp³-hybridized carbons (Fsp3) is 0.500. The van der Waals surface area contributed by atoms with Crippen LogP contribution in [0.3, 0.4) is 0 Å². The van der Waals surface area contributed by atoms with Gasteiger partial charge < -0.3 is 0 Å². The van der Waals surface area contributed by atoms with E-state index < -0.39 is 38.0 Å². The summed E-state index contributed by atoms with van der Waals surface area (Å²) in [6, 6.07) is -1.50. The highest BCUT2D eigenvalue weighted by molar-refractivity contribution is 5.87. The molecule has 0 aliphatic rings. The van der Waals surface area contributed by atoms with Crippen molar-refractivity contribution in [2.24, 2.45) is 0 Å². The Morgan fingerprint density at radius 2 is 2.43 bits per heavy atom. The standard InChI is InChI=1S/C6H10O/c1-5(2)4-6(3)7/h4H,1-3H3/i1D3,2D3,3D3,4D. The smallest absolute Gasteiger partial charge is 0.152 e. The van der Waals surface area contributed by atoms with Gasteiger partial charge in [-0.1, -0.05) is 5.57 Å². The van der Waals surface area contributed by atoms with Crippen LogP contribution < -0.4 is 0 Å². The van der Waals surface area contributed by atoms with Gasteiger partial charge in [-0.25, -0.2) is 0 Å². The Morgan fingerprint density at radius 1 is 1.71 bits per heavy atom. The van der Waals surface area contributed by atoms with Crippen LogP contribution in [-0.4, -0.2) is 5.78 Å². The molecule has 0 N–H and O–H groups in total. The molecule has 40 valence electrons. The minimum Gasteiger partial charge on any atom is -0.295 e. The Bertz CT molecular complexity index is 323. The van der Waals surface area contributed by atoms with E-state index >= 15 is 0 Å². The zero-order valence-corrected chi connectivity index (χ0v) is 3.41. The second-order valence-corrected chi connectivity index (χ2v) is 0.829. The van der Waals surface area contributed by atoms with Gasteiger partial charge in [-0.2, -0.15) is 0 Å². The number of hydrogen-bond donors (Lipinski definition) is 0. The number of hydrogen-bond acceptors (Lipinski definition) is 1. The third-order valence-electron chi connectivity index (χ3n) is 0.239. The van der Waals surface area contributed by atoms with Crippen LogP contribution in [0.1, 0.15) is 34.3 Å². The zero-order valence-electron chi connectivity index (χ0n) is 13.4. The molecule has 0 heterocycles. The molecule has 0 radical (unpaired) electrons. The van der Waals surface area contributed by atoms with Gasteiger partial charge in [-0.05, 0) is 26.6 Å². The third kappa shape index (κ3) is 5.41. The van der Waals surface area contributed by atoms with E-state index in [0.717, 1.165) is 0 Å². The van der Waals surface area contributed by atoms with Crippen molar-refractivity contribution >= 4 is 5.78 Å². The number of rotatable bonds is 1. The molecule has 0 unspecified atom stereocenters. The average Bonchev–Trinajstić information content (AvgIpc) is 1.94. The van der Waals surface area contributed by atoms with Crippen molar-refractivity contribution in [1.29, 1.82) is 0 Å². The van der Waals surface area contributed by atoms with Crippen molar-refractivity contribution in [2.45, 2.75) is 20.6 Å². The Hall–Kier alpha value is -0.590. The highest BCUT2D eigenvalue weighted by Gasteiger charge is 1.80. The molecule has 0 saturated heterocycles. The fourth-order valence-electron chi connectivity index (χ4n) is 0.114. The Morgan fingerprint density at radius 3 is 2.86 bits per heavy atom. The van der Waals surface area contributed by atoms with Crippen LogP contribution in [0.15, 0.2) is 11.6 Å². The lowest BCUT2D eigenvalue weighted by Gasteiger charge is -1.80. The van der Waals surface area contributed by atoms with Crippen LogP contribution in [0.5, 0.6) is 0 Å². The van der Waals surface area contributed by atoms with Crippen LogP contribution in [0.25, 0.3) is 0 Å². The van der Waals surface area contributed by atoms with Gasteiger partial charge in [0.05, 0.1) is 1.37 Å². The molecule has 0 aromatic carbocycles. The van der Waals surface area contributed by atoms with Gasteiger partial charge in [0, 0.05) is 12.3 Å². The lowest BCUT2D eigenvalue weighted by Crippen LogP contribution is -1.80. The normalized spacial score (nSPS) is 34.3. The quantitative estimate of drug-likeness (QED) is 0.466. The number of carbonyl (C=O) groups excluding carboxylic acids is 1. The molecule has 0 rings (SSSR count). The van der Waals surface area contributed by atoms with Crippen molar-refractivity contribution in [3.05, 3.63) is 11.6 Å². The van der Waals surface area contributed by atoms with Crippen LogP contribution >= 0.6 is 0 Å². The maximum atomic E-state index is 11.2. The molecule has 0 aliphatic heterocycles. The molecular formula is C6H10O. The van der Waals surface area contributed by atoms with E-state index in [4.69, 9.17) is 13.7 Å². The number of allylic oxidation sites excluding steroid dienone is 2. The van der Waals surface area contributed by atoms with Crippen LogP contribution in [0.4, 0.5) is 0 Å². The SMILES string of the molecule is [2H]C(C(=O)C([2H])([2H])[2H])=C(C([2H])([2H])[2H])C([2H])([2H])[2H]. The number of ketones is 1. The molecule has 0 spiro atoms. The molecule has 0 amide bonds. The van der Waals surface area contributed by atoms with Gasteiger partial charge >= 0.3 is 0 Å². The lowest BCUT2D eigenvalue weighted by atomic mass is 10.3. The molecule has 0 bridgehead atoms. The van der Waals surface area contributed by atoms with Crippen molar-refractivity contribution < 1.29 is 18.5 Å². The van der Waals surface area contributed by atoms with Crippen molar-refractivity contribution in [3.8, 4) is 0 Å². The first-order chi connectivity index (χ1) is 7.19. The molecular weight excluding hydrogens is 88.1 g/mol. The van der Waals surface area contributed by atoms with E-state index in [1.54, 1.807) is 0 Å². The van der Waals surface area contributed by atoms with Crippen LogP contribution in [-0.2, 0) is 4.79 Å². The predicted molar refractivity (Wildman–Crippen MR) is 30.1 cm³/mol. The average molecular weight is 108 g/mol. The second-order valence-electron chi connectivity index (χ2n) is 0.829. The highest BCUT2D eigenvalue weighted by Crippen LogP contribution is 1.86. The first-order valence-electron chi connectivity index (χ1n) is 6.45. The summed E-state index contributed by atoms with van der Waals surface area (Å²) in [4.78, 5) is 11.2. The Kier molecular flexibility index (Phi) is 0.289. The van der Waals surface area contributed by atoms with Gasteiger partial charge in [-0.3, -0.25) is 4.79 Å². The van der Waals surface area contributed by atoms with E-state index in [9.17, 15) is 4.79 Å².